The predicted molar refractivity (Wildman–Crippen MR) is 141 cm³/mol. The Hall–Kier alpha value is -4.40. The minimum absolute atomic E-state index is 0.0135. The van der Waals surface area contributed by atoms with Crippen molar-refractivity contribution in [1.82, 2.24) is 0 Å². The van der Waals surface area contributed by atoms with E-state index in [-0.39, 0.29) is 31.2 Å². The summed E-state index contributed by atoms with van der Waals surface area (Å²) in [6, 6.07) is 17.9. The quantitative estimate of drug-likeness (QED) is 0.379. The van der Waals surface area contributed by atoms with Crippen molar-refractivity contribution in [3.05, 3.63) is 66.2 Å². The van der Waals surface area contributed by atoms with Crippen molar-refractivity contribution in [2.75, 3.05) is 45.8 Å². The number of nitrogens with one attached hydrogen (secondary N) is 1. The number of rotatable bonds is 12. The molecule has 9 heteroatoms. The Labute approximate surface area is 216 Å². The van der Waals surface area contributed by atoms with Crippen molar-refractivity contribution in [3.63, 3.8) is 0 Å². The molecule has 0 bridgehead atoms. The van der Waals surface area contributed by atoms with Gasteiger partial charge in [0, 0.05) is 25.0 Å². The number of hydrogen-bond acceptors (Lipinski definition) is 7. The number of nitrogens with zero attached hydrogens (tertiary/aromatic N) is 1. The molecule has 0 saturated heterocycles. The van der Waals surface area contributed by atoms with E-state index in [0.29, 0.717) is 40.1 Å². The molecule has 0 spiro atoms. The van der Waals surface area contributed by atoms with Crippen LogP contribution in [0.25, 0.3) is 0 Å². The van der Waals surface area contributed by atoms with E-state index in [2.05, 4.69) is 5.32 Å². The molecule has 0 aliphatic carbocycles. The van der Waals surface area contributed by atoms with Gasteiger partial charge in [-0.1, -0.05) is 24.3 Å². The first-order valence-corrected chi connectivity index (χ1v) is 11.6. The lowest BCUT2D eigenvalue weighted by molar-refractivity contribution is -0.122. The maximum Gasteiger partial charge on any atom is 0.227 e. The van der Waals surface area contributed by atoms with Crippen molar-refractivity contribution in [3.8, 4) is 28.7 Å². The minimum Gasteiger partial charge on any atom is -0.497 e. The Balaban J connectivity index is 1.85. The van der Waals surface area contributed by atoms with Crippen LogP contribution in [0.15, 0.2) is 60.7 Å². The SMILES string of the molecule is COc1ccc(CN(C(=O)CCC(=O)Nc2ccccc2OC)c2cc(OC)c(OC)c(OC)c2)cc1. The molecule has 0 saturated carbocycles. The second kappa shape index (κ2) is 13.1. The van der Waals surface area contributed by atoms with Gasteiger partial charge in [0.15, 0.2) is 11.5 Å². The molecule has 0 fully saturated rings. The van der Waals surface area contributed by atoms with Crippen LogP contribution in [0.1, 0.15) is 18.4 Å². The van der Waals surface area contributed by atoms with Gasteiger partial charge in [-0.3, -0.25) is 9.59 Å². The number of hydrogen-bond donors (Lipinski definition) is 1. The molecule has 0 aromatic heterocycles. The van der Waals surface area contributed by atoms with Crippen LogP contribution < -0.4 is 33.9 Å². The molecule has 9 nitrogen and oxygen atoms in total. The van der Waals surface area contributed by atoms with Gasteiger partial charge in [-0.2, -0.15) is 0 Å². The van der Waals surface area contributed by atoms with Crippen LogP contribution in [-0.4, -0.2) is 47.4 Å². The third-order valence-corrected chi connectivity index (χ3v) is 5.71. The summed E-state index contributed by atoms with van der Waals surface area (Å²) in [7, 11) is 7.66. The minimum atomic E-state index is -0.299. The largest absolute Gasteiger partial charge is 0.497 e. The Morgan fingerprint density at radius 3 is 1.92 bits per heavy atom. The summed E-state index contributed by atoms with van der Waals surface area (Å²) >= 11 is 0. The fourth-order valence-corrected chi connectivity index (χ4v) is 3.78. The van der Waals surface area contributed by atoms with Crippen LogP contribution >= 0.6 is 0 Å². The Bertz CT molecular complexity index is 1190. The highest BCUT2D eigenvalue weighted by Crippen LogP contribution is 2.41. The average Bonchev–Trinajstić information content (AvgIpc) is 2.94. The van der Waals surface area contributed by atoms with Gasteiger partial charge in [0.1, 0.15) is 11.5 Å². The smallest absolute Gasteiger partial charge is 0.227 e. The average molecular weight is 509 g/mol. The molecule has 0 heterocycles. The molecule has 0 atom stereocenters. The molecule has 3 aromatic carbocycles. The second-order valence-corrected chi connectivity index (χ2v) is 7.96. The summed E-state index contributed by atoms with van der Waals surface area (Å²) in [6.07, 6.45) is -0.0335. The Kier molecular flexibility index (Phi) is 9.60. The first kappa shape index (κ1) is 27.2. The number of para-hydroxylation sites is 2. The van der Waals surface area contributed by atoms with E-state index in [1.807, 2.05) is 30.3 Å². The lowest BCUT2D eigenvalue weighted by atomic mass is 10.1. The van der Waals surface area contributed by atoms with E-state index in [1.165, 1.54) is 28.4 Å². The molecular weight excluding hydrogens is 476 g/mol. The lowest BCUT2D eigenvalue weighted by Gasteiger charge is -2.25. The third-order valence-electron chi connectivity index (χ3n) is 5.71. The van der Waals surface area contributed by atoms with Crippen LogP contribution in [0.2, 0.25) is 0 Å². The fourth-order valence-electron chi connectivity index (χ4n) is 3.78. The standard InChI is InChI=1S/C28H32N2O7/c1-33-21-12-10-19(11-13-21)18-30(20-16-24(35-3)28(37-5)25(17-20)36-4)27(32)15-14-26(31)29-22-8-6-7-9-23(22)34-2/h6-13,16-17H,14-15,18H2,1-5H3,(H,29,31). The summed E-state index contributed by atoms with van der Waals surface area (Å²) in [4.78, 5) is 27.7. The van der Waals surface area contributed by atoms with Crippen molar-refractivity contribution in [2.45, 2.75) is 19.4 Å². The Morgan fingerprint density at radius 2 is 1.35 bits per heavy atom. The van der Waals surface area contributed by atoms with E-state index >= 15 is 0 Å². The van der Waals surface area contributed by atoms with E-state index in [0.717, 1.165) is 5.56 Å². The van der Waals surface area contributed by atoms with Gasteiger partial charge in [0.25, 0.3) is 0 Å². The van der Waals surface area contributed by atoms with Crippen molar-refractivity contribution < 1.29 is 33.3 Å². The van der Waals surface area contributed by atoms with E-state index < -0.39 is 0 Å². The molecule has 196 valence electrons. The zero-order valence-electron chi connectivity index (χ0n) is 21.7. The highest BCUT2D eigenvalue weighted by Gasteiger charge is 2.22. The highest BCUT2D eigenvalue weighted by molar-refractivity contribution is 5.99. The van der Waals surface area contributed by atoms with Gasteiger partial charge in [-0.15, -0.1) is 0 Å². The number of carbonyl (C=O) groups is 2. The van der Waals surface area contributed by atoms with Crippen molar-refractivity contribution in [2.24, 2.45) is 0 Å². The van der Waals surface area contributed by atoms with Crippen molar-refractivity contribution >= 4 is 23.2 Å². The number of ether oxygens (including phenoxy) is 5. The number of carbonyl (C=O) groups excluding carboxylic acids is 2. The lowest BCUT2D eigenvalue weighted by Crippen LogP contribution is -2.31. The molecule has 1 N–H and O–H groups in total. The van der Waals surface area contributed by atoms with Gasteiger partial charge >= 0.3 is 0 Å². The highest BCUT2D eigenvalue weighted by atomic mass is 16.5. The number of anilines is 2. The van der Waals surface area contributed by atoms with Gasteiger partial charge < -0.3 is 33.9 Å². The molecule has 3 rings (SSSR count). The van der Waals surface area contributed by atoms with Gasteiger partial charge in [-0.25, -0.2) is 0 Å². The third kappa shape index (κ3) is 6.84. The zero-order chi connectivity index (χ0) is 26.8. The van der Waals surface area contributed by atoms with Crippen LogP contribution in [0.3, 0.4) is 0 Å². The van der Waals surface area contributed by atoms with Crippen molar-refractivity contribution in [1.29, 1.82) is 0 Å². The first-order chi connectivity index (χ1) is 17.9. The summed E-state index contributed by atoms with van der Waals surface area (Å²) < 4.78 is 26.9. The fraction of sp³-hybridized carbons (Fsp3) is 0.286. The summed E-state index contributed by atoms with van der Waals surface area (Å²) in [5.74, 6) is 1.95. The van der Waals surface area contributed by atoms with Crippen LogP contribution in [0.4, 0.5) is 11.4 Å². The van der Waals surface area contributed by atoms with E-state index in [1.54, 1.807) is 42.3 Å². The topological polar surface area (TPSA) is 95.6 Å². The second-order valence-electron chi connectivity index (χ2n) is 7.96. The first-order valence-electron chi connectivity index (χ1n) is 11.6. The number of methoxy groups -OCH3 is 5. The normalized spacial score (nSPS) is 10.3. The van der Waals surface area contributed by atoms with Crippen LogP contribution in [-0.2, 0) is 16.1 Å². The Morgan fingerprint density at radius 1 is 0.730 bits per heavy atom. The van der Waals surface area contributed by atoms with Crippen LogP contribution in [0, 0.1) is 0 Å². The number of amides is 2. The van der Waals surface area contributed by atoms with Crippen LogP contribution in [0.5, 0.6) is 28.7 Å². The molecule has 0 aliphatic rings. The molecule has 0 unspecified atom stereocenters. The van der Waals surface area contributed by atoms with Gasteiger partial charge in [0.05, 0.1) is 53.5 Å². The van der Waals surface area contributed by atoms with Gasteiger partial charge in [-0.05, 0) is 29.8 Å². The molecule has 0 radical (unpaired) electrons. The molecule has 2 amide bonds. The molecule has 37 heavy (non-hydrogen) atoms. The molecule has 0 aliphatic heterocycles. The summed E-state index contributed by atoms with van der Waals surface area (Å²) in [5.41, 5.74) is 1.96. The molecular formula is C28H32N2O7. The van der Waals surface area contributed by atoms with Gasteiger partial charge in [0.2, 0.25) is 17.6 Å². The zero-order valence-corrected chi connectivity index (χ0v) is 21.7. The molecule has 3 aromatic rings. The maximum atomic E-state index is 13.5. The predicted octanol–water partition coefficient (Wildman–Crippen LogP) is 4.68. The monoisotopic (exact) mass is 508 g/mol. The number of benzene rings is 3. The van der Waals surface area contributed by atoms with E-state index in [9.17, 15) is 9.59 Å². The van der Waals surface area contributed by atoms with E-state index in [4.69, 9.17) is 23.7 Å². The maximum absolute atomic E-state index is 13.5. The summed E-state index contributed by atoms with van der Waals surface area (Å²) in [6.45, 7) is 0.260. The summed E-state index contributed by atoms with van der Waals surface area (Å²) in [5, 5.41) is 2.80.